The minimum Gasteiger partial charge on any atom is -0.358 e. The van der Waals surface area contributed by atoms with Crippen LogP contribution in [0.4, 0.5) is 5.82 Å². The summed E-state index contributed by atoms with van der Waals surface area (Å²) in [6.45, 7) is 0.521. The van der Waals surface area contributed by atoms with Gasteiger partial charge in [-0.25, -0.2) is 0 Å². The third kappa shape index (κ3) is 2.46. The molecule has 0 aliphatic heterocycles. The van der Waals surface area contributed by atoms with Crippen molar-refractivity contribution in [2.75, 3.05) is 0 Å². The summed E-state index contributed by atoms with van der Waals surface area (Å²) in [5.41, 5.74) is 1.03. The van der Waals surface area contributed by atoms with Crippen molar-refractivity contribution in [3.8, 4) is 0 Å². The van der Waals surface area contributed by atoms with Crippen molar-refractivity contribution in [1.82, 2.24) is 9.78 Å². The molecule has 0 aliphatic carbocycles. The molecule has 2 rings (SSSR count). The van der Waals surface area contributed by atoms with Crippen LogP contribution in [0.15, 0.2) is 41.0 Å². The molecule has 82 valence electrons. The summed E-state index contributed by atoms with van der Waals surface area (Å²) in [4.78, 5) is 9.94. The van der Waals surface area contributed by atoms with E-state index in [-0.39, 0.29) is 5.82 Å². The molecule has 0 saturated carbocycles. The lowest BCUT2D eigenvalue weighted by molar-refractivity contribution is -0.389. The fraction of sp³-hybridized carbons (Fsp3) is 0.100. The summed E-state index contributed by atoms with van der Waals surface area (Å²) >= 11 is 3.37. The van der Waals surface area contributed by atoms with Gasteiger partial charge in [0.25, 0.3) is 0 Å². The first-order valence-corrected chi connectivity index (χ1v) is 5.37. The van der Waals surface area contributed by atoms with Crippen molar-refractivity contribution in [1.29, 1.82) is 0 Å². The van der Waals surface area contributed by atoms with Crippen LogP contribution < -0.4 is 0 Å². The van der Waals surface area contributed by atoms with E-state index in [1.54, 1.807) is 10.9 Å². The van der Waals surface area contributed by atoms with E-state index in [0.717, 1.165) is 10.0 Å². The molecule has 2 aromatic rings. The first kappa shape index (κ1) is 10.8. The Morgan fingerprint density at radius 3 is 2.88 bits per heavy atom. The van der Waals surface area contributed by atoms with Gasteiger partial charge in [0.15, 0.2) is 0 Å². The average Bonchev–Trinajstić information content (AvgIpc) is 2.66. The summed E-state index contributed by atoms with van der Waals surface area (Å²) in [6, 6.07) is 9.12. The van der Waals surface area contributed by atoms with Crippen LogP contribution in [-0.4, -0.2) is 14.7 Å². The first-order valence-electron chi connectivity index (χ1n) is 4.57. The number of nitrogens with zero attached hydrogens (tertiary/aromatic N) is 3. The predicted molar refractivity (Wildman–Crippen MR) is 62.1 cm³/mol. The van der Waals surface area contributed by atoms with Gasteiger partial charge in [-0.1, -0.05) is 28.1 Å². The molecular weight excluding hydrogens is 274 g/mol. The minimum absolute atomic E-state index is 0.130. The lowest BCUT2D eigenvalue weighted by Crippen LogP contribution is -2.01. The van der Waals surface area contributed by atoms with E-state index in [9.17, 15) is 10.1 Å². The Labute approximate surface area is 100.0 Å². The molecule has 0 atom stereocenters. The maximum absolute atomic E-state index is 10.4. The highest BCUT2D eigenvalue weighted by Gasteiger charge is 2.10. The van der Waals surface area contributed by atoms with Crippen LogP contribution in [0.2, 0.25) is 0 Å². The van der Waals surface area contributed by atoms with Crippen LogP contribution in [0.1, 0.15) is 5.56 Å². The van der Waals surface area contributed by atoms with Crippen molar-refractivity contribution in [2.24, 2.45) is 0 Å². The van der Waals surface area contributed by atoms with E-state index in [1.165, 1.54) is 6.07 Å². The van der Waals surface area contributed by atoms with Crippen molar-refractivity contribution in [2.45, 2.75) is 6.54 Å². The number of aromatic nitrogens is 2. The fourth-order valence-corrected chi connectivity index (χ4v) is 1.81. The minimum atomic E-state index is -0.503. The van der Waals surface area contributed by atoms with E-state index < -0.39 is 4.92 Å². The maximum atomic E-state index is 10.4. The van der Waals surface area contributed by atoms with Crippen LogP contribution in [0, 0.1) is 10.1 Å². The molecule has 6 heteroatoms. The predicted octanol–water partition coefficient (Wildman–Crippen LogP) is 2.60. The number of benzene rings is 1. The van der Waals surface area contributed by atoms with E-state index in [1.807, 2.05) is 24.3 Å². The lowest BCUT2D eigenvalue weighted by atomic mass is 10.2. The van der Waals surface area contributed by atoms with Gasteiger partial charge in [-0.05, 0) is 22.6 Å². The Hall–Kier alpha value is -1.69. The smallest absolute Gasteiger partial charge is 0.358 e. The third-order valence-corrected chi connectivity index (χ3v) is 2.54. The summed E-state index contributed by atoms with van der Waals surface area (Å²) in [6.07, 6.45) is 1.60. The molecule has 0 unspecified atom stereocenters. The van der Waals surface area contributed by atoms with E-state index >= 15 is 0 Å². The van der Waals surface area contributed by atoms with E-state index in [0.29, 0.717) is 6.54 Å². The van der Waals surface area contributed by atoms with Gasteiger partial charge in [-0.3, -0.25) is 0 Å². The SMILES string of the molecule is O=[N+]([O-])c1ccn(Cc2cccc(Br)c2)n1. The molecule has 0 saturated heterocycles. The zero-order valence-corrected chi connectivity index (χ0v) is 9.79. The number of hydrogen-bond acceptors (Lipinski definition) is 3. The van der Waals surface area contributed by atoms with Gasteiger partial charge in [0.2, 0.25) is 0 Å². The Kier molecular flexibility index (Phi) is 3.00. The molecule has 16 heavy (non-hydrogen) atoms. The Bertz CT molecular complexity index is 524. The average molecular weight is 282 g/mol. The second kappa shape index (κ2) is 4.44. The van der Waals surface area contributed by atoms with Gasteiger partial charge in [-0.15, -0.1) is 0 Å². The summed E-state index contributed by atoms with van der Waals surface area (Å²) in [5, 5.41) is 14.3. The van der Waals surface area contributed by atoms with Crippen LogP contribution >= 0.6 is 15.9 Å². The van der Waals surface area contributed by atoms with Crippen molar-refractivity contribution in [3.05, 3.63) is 56.7 Å². The van der Waals surface area contributed by atoms with Gasteiger partial charge in [0.1, 0.15) is 0 Å². The molecule has 0 aliphatic rings. The Morgan fingerprint density at radius 1 is 1.44 bits per heavy atom. The normalized spacial score (nSPS) is 10.3. The molecule has 0 amide bonds. The lowest BCUT2D eigenvalue weighted by Gasteiger charge is -1.98. The molecule has 0 radical (unpaired) electrons. The zero-order chi connectivity index (χ0) is 11.5. The highest BCUT2D eigenvalue weighted by Crippen LogP contribution is 2.13. The zero-order valence-electron chi connectivity index (χ0n) is 8.21. The number of halogens is 1. The van der Waals surface area contributed by atoms with Crippen LogP contribution in [0.25, 0.3) is 0 Å². The quantitative estimate of drug-likeness (QED) is 0.642. The molecule has 5 nitrogen and oxygen atoms in total. The van der Waals surface area contributed by atoms with E-state index in [4.69, 9.17) is 0 Å². The molecule has 0 spiro atoms. The van der Waals surface area contributed by atoms with E-state index in [2.05, 4.69) is 21.0 Å². The molecule has 1 aromatic heterocycles. The first-order chi connectivity index (χ1) is 7.65. The standard InChI is InChI=1S/C10H8BrN3O2/c11-9-3-1-2-8(6-9)7-13-5-4-10(12-13)14(15)16/h1-6H,7H2. The monoisotopic (exact) mass is 281 g/mol. The second-order valence-corrected chi connectivity index (χ2v) is 4.17. The highest BCUT2D eigenvalue weighted by molar-refractivity contribution is 9.10. The molecule has 0 N–H and O–H groups in total. The number of hydrogen-bond donors (Lipinski definition) is 0. The van der Waals surface area contributed by atoms with Gasteiger partial charge in [0, 0.05) is 4.47 Å². The summed E-state index contributed by atoms with van der Waals surface area (Å²) < 4.78 is 2.52. The topological polar surface area (TPSA) is 61.0 Å². The third-order valence-electron chi connectivity index (χ3n) is 2.05. The van der Waals surface area contributed by atoms with Gasteiger partial charge in [0.05, 0.1) is 23.9 Å². The van der Waals surface area contributed by atoms with Gasteiger partial charge >= 0.3 is 5.82 Å². The highest BCUT2D eigenvalue weighted by atomic mass is 79.9. The molecule has 0 bridgehead atoms. The number of nitro groups is 1. The van der Waals surface area contributed by atoms with Crippen LogP contribution in [0.3, 0.4) is 0 Å². The molecule has 1 heterocycles. The van der Waals surface area contributed by atoms with Gasteiger partial charge < -0.3 is 10.1 Å². The van der Waals surface area contributed by atoms with Gasteiger partial charge in [-0.2, -0.15) is 4.68 Å². The molecule has 1 aromatic carbocycles. The van der Waals surface area contributed by atoms with Crippen LogP contribution in [-0.2, 0) is 6.54 Å². The Balaban J connectivity index is 2.17. The maximum Gasteiger partial charge on any atom is 0.389 e. The van der Waals surface area contributed by atoms with Crippen molar-refractivity contribution < 1.29 is 4.92 Å². The number of rotatable bonds is 3. The molecule has 0 fully saturated rings. The summed E-state index contributed by atoms with van der Waals surface area (Å²) in [5.74, 6) is -0.130. The fourth-order valence-electron chi connectivity index (χ4n) is 1.36. The summed E-state index contributed by atoms with van der Waals surface area (Å²) in [7, 11) is 0. The largest absolute Gasteiger partial charge is 0.389 e. The molecular formula is C10H8BrN3O2. The van der Waals surface area contributed by atoms with Crippen LogP contribution in [0.5, 0.6) is 0 Å². The Morgan fingerprint density at radius 2 is 2.25 bits per heavy atom. The second-order valence-electron chi connectivity index (χ2n) is 3.26. The van der Waals surface area contributed by atoms with Crippen molar-refractivity contribution in [3.63, 3.8) is 0 Å². The van der Waals surface area contributed by atoms with Crippen molar-refractivity contribution >= 4 is 21.7 Å².